The molecule has 0 saturated carbocycles. The number of hydrogen-bond acceptors (Lipinski definition) is 4. The SMILES string of the molecule is OCCCCCCCCCCCCCCCCCCCOc1ccc2ccccc2c1OCCCCCCCCCCCCCCCCCCCO. The van der Waals surface area contributed by atoms with E-state index in [0.717, 1.165) is 50.4 Å². The van der Waals surface area contributed by atoms with Crippen molar-refractivity contribution in [3.05, 3.63) is 36.4 Å². The highest BCUT2D eigenvalue weighted by molar-refractivity contribution is 5.90. The molecule has 0 spiro atoms. The summed E-state index contributed by atoms with van der Waals surface area (Å²) in [6, 6.07) is 12.8. The Balaban J connectivity index is 1.44. The molecule has 300 valence electrons. The quantitative estimate of drug-likeness (QED) is 0.0672. The van der Waals surface area contributed by atoms with E-state index in [2.05, 4.69) is 36.4 Å². The van der Waals surface area contributed by atoms with Gasteiger partial charge in [-0.2, -0.15) is 0 Å². The summed E-state index contributed by atoms with van der Waals surface area (Å²) in [5.74, 6) is 1.84. The maximum Gasteiger partial charge on any atom is 0.168 e. The van der Waals surface area contributed by atoms with Crippen LogP contribution in [0.4, 0.5) is 0 Å². The summed E-state index contributed by atoms with van der Waals surface area (Å²) >= 11 is 0. The molecule has 0 aliphatic carbocycles. The van der Waals surface area contributed by atoms with Crippen molar-refractivity contribution in [2.24, 2.45) is 0 Å². The van der Waals surface area contributed by atoms with Gasteiger partial charge in [-0.15, -0.1) is 0 Å². The van der Waals surface area contributed by atoms with E-state index in [-0.39, 0.29) is 0 Å². The van der Waals surface area contributed by atoms with Crippen molar-refractivity contribution in [2.45, 2.75) is 218 Å². The first-order valence-corrected chi connectivity index (χ1v) is 22.9. The Bertz CT molecular complexity index is 1020. The van der Waals surface area contributed by atoms with Crippen molar-refractivity contribution < 1.29 is 19.7 Å². The van der Waals surface area contributed by atoms with Crippen molar-refractivity contribution in [1.29, 1.82) is 0 Å². The molecule has 0 fully saturated rings. The fourth-order valence-electron chi connectivity index (χ4n) is 7.57. The third-order valence-corrected chi connectivity index (χ3v) is 11.0. The van der Waals surface area contributed by atoms with E-state index in [1.165, 1.54) is 203 Å². The van der Waals surface area contributed by atoms with Crippen LogP contribution in [0.3, 0.4) is 0 Å². The Kier molecular flexibility index (Phi) is 32.3. The van der Waals surface area contributed by atoms with E-state index in [0.29, 0.717) is 13.2 Å². The number of aliphatic hydroxyl groups is 2. The van der Waals surface area contributed by atoms with Crippen LogP contribution in [-0.4, -0.2) is 36.6 Å². The second-order valence-electron chi connectivity index (χ2n) is 15.8. The molecule has 0 atom stereocenters. The van der Waals surface area contributed by atoms with Crippen LogP contribution >= 0.6 is 0 Å². The van der Waals surface area contributed by atoms with Gasteiger partial charge >= 0.3 is 0 Å². The third-order valence-electron chi connectivity index (χ3n) is 11.0. The second kappa shape index (κ2) is 36.2. The fourth-order valence-corrected chi connectivity index (χ4v) is 7.57. The van der Waals surface area contributed by atoms with Gasteiger partial charge in [0, 0.05) is 18.6 Å². The van der Waals surface area contributed by atoms with Crippen molar-refractivity contribution in [3.8, 4) is 11.5 Å². The van der Waals surface area contributed by atoms with Crippen LogP contribution in [0.2, 0.25) is 0 Å². The van der Waals surface area contributed by atoms with Gasteiger partial charge in [-0.05, 0) is 37.1 Å². The van der Waals surface area contributed by atoms with Crippen molar-refractivity contribution in [3.63, 3.8) is 0 Å². The first-order chi connectivity index (χ1) is 25.9. The van der Waals surface area contributed by atoms with Crippen LogP contribution in [0.1, 0.15) is 218 Å². The Hall–Kier alpha value is -1.78. The molecule has 0 radical (unpaired) electrons. The topological polar surface area (TPSA) is 58.9 Å². The molecule has 0 aliphatic rings. The minimum absolute atomic E-state index is 0.357. The summed E-state index contributed by atoms with van der Waals surface area (Å²) in [6.45, 7) is 2.25. The molecule has 52 heavy (non-hydrogen) atoms. The average Bonchev–Trinajstić information content (AvgIpc) is 3.17. The number of benzene rings is 2. The van der Waals surface area contributed by atoms with Crippen molar-refractivity contribution in [2.75, 3.05) is 26.4 Å². The molecular weight excluding hydrogens is 641 g/mol. The molecule has 2 aromatic rings. The molecule has 0 bridgehead atoms. The first kappa shape index (κ1) is 46.4. The monoisotopic (exact) mass is 725 g/mol. The minimum Gasteiger partial charge on any atom is -0.490 e. The molecule has 0 amide bonds. The Labute approximate surface area is 322 Å². The molecule has 0 aliphatic heterocycles. The molecule has 2 rings (SSSR count). The number of hydrogen-bond donors (Lipinski definition) is 2. The van der Waals surface area contributed by atoms with E-state index in [1.54, 1.807) is 0 Å². The van der Waals surface area contributed by atoms with Crippen molar-refractivity contribution in [1.82, 2.24) is 0 Å². The zero-order valence-electron chi connectivity index (χ0n) is 34.0. The van der Waals surface area contributed by atoms with Gasteiger partial charge in [0.05, 0.1) is 13.2 Å². The Morgan fingerprint density at radius 2 is 0.615 bits per heavy atom. The van der Waals surface area contributed by atoms with Gasteiger partial charge in [0.1, 0.15) is 0 Å². The maximum atomic E-state index is 8.84. The zero-order valence-corrected chi connectivity index (χ0v) is 34.0. The third kappa shape index (κ3) is 26.1. The molecule has 0 aromatic heterocycles. The predicted molar refractivity (Wildman–Crippen MR) is 226 cm³/mol. The van der Waals surface area contributed by atoms with Crippen LogP contribution in [0.5, 0.6) is 11.5 Å². The van der Waals surface area contributed by atoms with E-state index in [4.69, 9.17) is 19.7 Å². The highest BCUT2D eigenvalue weighted by atomic mass is 16.5. The van der Waals surface area contributed by atoms with E-state index >= 15 is 0 Å². The molecule has 0 saturated heterocycles. The zero-order chi connectivity index (χ0) is 36.8. The van der Waals surface area contributed by atoms with Gasteiger partial charge in [-0.1, -0.05) is 223 Å². The number of rotatable bonds is 40. The molecule has 2 aromatic carbocycles. The Morgan fingerprint density at radius 1 is 0.308 bits per heavy atom. The van der Waals surface area contributed by atoms with Gasteiger partial charge in [0.15, 0.2) is 11.5 Å². The second-order valence-corrected chi connectivity index (χ2v) is 15.8. The van der Waals surface area contributed by atoms with Crippen LogP contribution in [-0.2, 0) is 0 Å². The normalized spacial score (nSPS) is 11.5. The number of ether oxygens (including phenoxy) is 2. The van der Waals surface area contributed by atoms with Crippen LogP contribution in [0.15, 0.2) is 36.4 Å². The smallest absolute Gasteiger partial charge is 0.168 e. The van der Waals surface area contributed by atoms with Crippen LogP contribution in [0, 0.1) is 0 Å². The lowest BCUT2D eigenvalue weighted by Gasteiger charge is -2.15. The summed E-state index contributed by atoms with van der Waals surface area (Å²) in [4.78, 5) is 0. The van der Waals surface area contributed by atoms with Crippen LogP contribution in [0.25, 0.3) is 10.8 Å². The minimum atomic E-state index is 0.357. The number of aliphatic hydroxyl groups excluding tert-OH is 2. The first-order valence-electron chi connectivity index (χ1n) is 22.9. The summed E-state index contributed by atoms with van der Waals surface area (Å²) in [7, 11) is 0. The predicted octanol–water partition coefficient (Wildman–Crippen LogP) is 14.8. The van der Waals surface area contributed by atoms with E-state index in [1.807, 2.05) is 0 Å². The largest absolute Gasteiger partial charge is 0.490 e. The fraction of sp³-hybridized carbons (Fsp3) is 0.792. The standard InChI is InChI=1S/C48H84O4/c49-41-33-27-23-19-15-11-7-3-1-5-9-13-17-21-25-29-35-43-51-47-40-39-45-37-31-32-38-46(45)48(47)52-44-36-30-26-22-18-14-10-6-2-4-8-12-16-20-24-28-34-42-50/h31-32,37-40,49-50H,1-30,33-36,41-44H2. The van der Waals surface area contributed by atoms with Gasteiger partial charge in [-0.3, -0.25) is 0 Å². The highest BCUT2D eigenvalue weighted by Gasteiger charge is 2.11. The highest BCUT2D eigenvalue weighted by Crippen LogP contribution is 2.36. The lowest BCUT2D eigenvalue weighted by molar-refractivity contribution is 0.261. The van der Waals surface area contributed by atoms with Gasteiger partial charge in [-0.25, -0.2) is 0 Å². The number of unbranched alkanes of at least 4 members (excludes halogenated alkanes) is 32. The number of fused-ring (bicyclic) bond motifs is 1. The average molecular weight is 725 g/mol. The maximum absolute atomic E-state index is 8.84. The summed E-state index contributed by atoms with van der Waals surface area (Å²) in [5.41, 5.74) is 0. The summed E-state index contributed by atoms with van der Waals surface area (Å²) < 4.78 is 12.8. The molecule has 0 heterocycles. The van der Waals surface area contributed by atoms with Crippen LogP contribution < -0.4 is 9.47 Å². The lowest BCUT2D eigenvalue weighted by atomic mass is 10.0. The van der Waals surface area contributed by atoms with Gasteiger partial charge < -0.3 is 19.7 Å². The molecular formula is C48H84O4. The lowest BCUT2D eigenvalue weighted by Crippen LogP contribution is -2.03. The molecule has 4 heteroatoms. The van der Waals surface area contributed by atoms with E-state index in [9.17, 15) is 0 Å². The van der Waals surface area contributed by atoms with Gasteiger partial charge in [0.2, 0.25) is 0 Å². The van der Waals surface area contributed by atoms with Gasteiger partial charge in [0.25, 0.3) is 0 Å². The molecule has 2 N–H and O–H groups in total. The summed E-state index contributed by atoms with van der Waals surface area (Å²) in [6.07, 6.45) is 44.9. The molecule has 4 nitrogen and oxygen atoms in total. The Morgan fingerprint density at radius 3 is 0.981 bits per heavy atom. The van der Waals surface area contributed by atoms with Crippen molar-refractivity contribution >= 4 is 10.8 Å². The summed E-state index contributed by atoms with van der Waals surface area (Å²) in [5, 5.41) is 20.1. The molecule has 0 unspecified atom stereocenters. The van der Waals surface area contributed by atoms with E-state index < -0.39 is 0 Å².